The highest BCUT2D eigenvalue weighted by Gasteiger charge is 2.26. The van der Waals surface area contributed by atoms with E-state index in [0.717, 1.165) is 14.2 Å². The van der Waals surface area contributed by atoms with Gasteiger partial charge in [-0.15, -0.1) is 11.3 Å². The Balaban J connectivity index is 2.22. The largest absolute Gasteiger partial charge is 0.341 e. The summed E-state index contributed by atoms with van der Waals surface area (Å²) in [6.07, 6.45) is 0. The number of halogens is 1. The number of rotatable bonds is 5. The lowest BCUT2D eigenvalue weighted by atomic mass is 10.0. The van der Waals surface area contributed by atoms with Crippen LogP contribution in [0.2, 0.25) is 0 Å². The molecule has 0 aliphatic carbocycles. The van der Waals surface area contributed by atoms with Gasteiger partial charge in [0.1, 0.15) is 6.04 Å². The molecule has 0 unspecified atom stereocenters. The Bertz CT molecular complexity index is 675. The van der Waals surface area contributed by atoms with E-state index in [9.17, 15) is 9.59 Å². The summed E-state index contributed by atoms with van der Waals surface area (Å²) in [7, 11) is 3.35. The Morgan fingerprint density at radius 2 is 1.91 bits per heavy atom. The Hall–Kier alpha value is -1.70. The van der Waals surface area contributed by atoms with Crippen molar-refractivity contribution in [1.29, 1.82) is 0 Å². The second-order valence-corrected chi connectivity index (χ2v) is 7.55. The smallest absolute Gasteiger partial charge is 0.321 e. The van der Waals surface area contributed by atoms with Gasteiger partial charge in [-0.05, 0) is 40.7 Å². The molecule has 2 N–H and O–H groups in total. The van der Waals surface area contributed by atoms with Gasteiger partial charge in [0.2, 0.25) is 5.91 Å². The van der Waals surface area contributed by atoms with E-state index in [4.69, 9.17) is 0 Å². The maximum Gasteiger partial charge on any atom is 0.321 e. The molecule has 0 radical (unpaired) electrons. The molecule has 2 aromatic rings. The number of hydrogen-bond acceptors (Lipinski definition) is 4. The Kier molecular flexibility index (Phi) is 6.32. The monoisotopic (exact) mass is 395 g/mol. The number of nitrogens with zero attached hydrogens (tertiary/aromatic N) is 1. The van der Waals surface area contributed by atoms with E-state index in [2.05, 4.69) is 26.6 Å². The summed E-state index contributed by atoms with van der Waals surface area (Å²) in [5.74, 6) is -0.353. The number of amides is 3. The zero-order valence-corrected chi connectivity index (χ0v) is 15.3. The number of benzene rings is 1. The molecule has 1 aromatic heterocycles. The highest BCUT2D eigenvalue weighted by molar-refractivity contribution is 9.11. The van der Waals surface area contributed by atoms with Crippen LogP contribution in [-0.2, 0) is 11.3 Å². The molecule has 0 aliphatic rings. The zero-order valence-electron chi connectivity index (χ0n) is 12.9. The molecule has 2 rings (SSSR count). The fraction of sp³-hybridized carbons (Fsp3) is 0.250. The molecule has 0 bridgehead atoms. The van der Waals surface area contributed by atoms with Gasteiger partial charge in [-0.2, -0.15) is 0 Å². The van der Waals surface area contributed by atoms with Gasteiger partial charge in [0.05, 0.1) is 3.79 Å². The summed E-state index contributed by atoms with van der Waals surface area (Å²) >= 11 is 5.07. The first-order chi connectivity index (χ1) is 11.0. The maximum absolute atomic E-state index is 12.5. The Labute approximate surface area is 147 Å². The third kappa shape index (κ3) is 4.89. The van der Waals surface area contributed by atoms with Gasteiger partial charge in [0.15, 0.2) is 0 Å². The highest BCUT2D eigenvalue weighted by Crippen LogP contribution is 2.26. The second kappa shape index (κ2) is 8.24. The molecule has 0 saturated heterocycles. The molecule has 0 fully saturated rings. The quantitative estimate of drug-likeness (QED) is 0.817. The molecule has 7 heteroatoms. The fourth-order valence-corrected chi connectivity index (χ4v) is 3.80. The lowest BCUT2D eigenvalue weighted by molar-refractivity contribution is -0.125. The minimum atomic E-state index is -0.547. The van der Waals surface area contributed by atoms with Crippen molar-refractivity contribution in [2.45, 2.75) is 12.6 Å². The molecular formula is C16H18BrN3O2S. The van der Waals surface area contributed by atoms with Crippen LogP contribution < -0.4 is 10.6 Å². The molecular weight excluding hydrogens is 378 g/mol. The summed E-state index contributed by atoms with van der Waals surface area (Å²) in [5, 5.41) is 4.76. The van der Waals surface area contributed by atoms with Gasteiger partial charge in [0.25, 0.3) is 0 Å². The molecule has 3 amide bonds. The van der Waals surface area contributed by atoms with Gasteiger partial charge < -0.3 is 5.32 Å². The Morgan fingerprint density at radius 3 is 2.48 bits per heavy atom. The first kappa shape index (κ1) is 17.7. The number of imide groups is 1. The third-order valence-electron chi connectivity index (χ3n) is 3.30. The van der Waals surface area contributed by atoms with Gasteiger partial charge in [0, 0.05) is 18.5 Å². The molecule has 23 heavy (non-hydrogen) atoms. The normalized spacial score (nSPS) is 12.0. The van der Waals surface area contributed by atoms with Gasteiger partial charge in [-0.25, -0.2) is 4.79 Å². The minimum absolute atomic E-state index is 0.353. The highest BCUT2D eigenvalue weighted by atomic mass is 79.9. The van der Waals surface area contributed by atoms with Crippen molar-refractivity contribution < 1.29 is 9.59 Å². The van der Waals surface area contributed by atoms with E-state index in [1.165, 1.54) is 7.05 Å². The summed E-state index contributed by atoms with van der Waals surface area (Å²) in [6, 6.07) is 12.4. The number of hydrogen-bond donors (Lipinski definition) is 2. The maximum atomic E-state index is 12.5. The molecule has 0 spiro atoms. The first-order valence-corrected chi connectivity index (χ1v) is 8.64. The zero-order chi connectivity index (χ0) is 16.8. The first-order valence-electron chi connectivity index (χ1n) is 7.03. The molecule has 0 aliphatic heterocycles. The van der Waals surface area contributed by atoms with E-state index in [-0.39, 0.29) is 5.91 Å². The second-order valence-electron chi connectivity index (χ2n) is 5.00. The van der Waals surface area contributed by atoms with Crippen LogP contribution in [-0.4, -0.2) is 30.9 Å². The number of carbonyl (C=O) groups excluding carboxylic acids is 2. The molecule has 0 saturated carbocycles. The van der Waals surface area contributed by atoms with Gasteiger partial charge in [-0.3, -0.25) is 15.0 Å². The van der Waals surface area contributed by atoms with Gasteiger partial charge in [-0.1, -0.05) is 30.3 Å². The lowest BCUT2D eigenvalue weighted by Gasteiger charge is -2.26. The van der Waals surface area contributed by atoms with E-state index < -0.39 is 12.1 Å². The van der Waals surface area contributed by atoms with Crippen molar-refractivity contribution in [1.82, 2.24) is 15.5 Å². The SMILES string of the molecule is CNC(=O)NC(=O)[C@@H](c1ccccc1)N(C)Cc1ccc(Br)s1. The summed E-state index contributed by atoms with van der Waals surface area (Å²) < 4.78 is 1.05. The minimum Gasteiger partial charge on any atom is -0.341 e. The van der Waals surface area contributed by atoms with Crippen LogP contribution in [0.5, 0.6) is 0 Å². The van der Waals surface area contributed by atoms with Gasteiger partial charge >= 0.3 is 6.03 Å². The number of urea groups is 1. The van der Waals surface area contributed by atoms with Crippen molar-refractivity contribution >= 4 is 39.2 Å². The van der Waals surface area contributed by atoms with E-state index in [1.54, 1.807) is 11.3 Å². The van der Waals surface area contributed by atoms with Crippen molar-refractivity contribution in [3.05, 3.63) is 56.7 Å². The standard InChI is InChI=1S/C16H18BrN3O2S/c1-18-16(22)19-15(21)14(11-6-4-3-5-7-11)20(2)10-12-8-9-13(17)23-12/h3-9,14H,10H2,1-2H3,(H2,18,19,21,22)/t14-/m1/s1. The topological polar surface area (TPSA) is 61.4 Å². The molecule has 5 nitrogen and oxygen atoms in total. The summed E-state index contributed by atoms with van der Waals surface area (Å²) in [6.45, 7) is 0.608. The van der Waals surface area contributed by atoms with Crippen LogP contribution in [0.25, 0.3) is 0 Å². The third-order valence-corrected chi connectivity index (χ3v) is 4.91. The van der Waals surface area contributed by atoms with Crippen LogP contribution in [0.3, 0.4) is 0 Å². The number of carbonyl (C=O) groups is 2. The van der Waals surface area contributed by atoms with Crippen LogP contribution in [0.4, 0.5) is 4.79 Å². The van der Waals surface area contributed by atoms with Crippen LogP contribution >= 0.6 is 27.3 Å². The number of nitrogens with one attached hydrogen (secondary N) is 2. The summed E-state index contributed by atoms with van der Waals surface area (Å²) in [5.41, 5.74) is 0.840. The van der Waals surface area contributed by atoms with E-state index in [0.29, 0.717) is 6.54 Å². The lowest BCUT2D eigenvalue weighted by Crippen LogP contribution is -2.44. The predicted molar refractivity (Wildman–Crippen MR) is 95.3 cm³/mol. The molecule has 1 aromatic carbocycles. The average Bonchev–Trinajstić information content (AvgIpc) is 2.93. The fourth-order valence-electron chi connectivity index (χ4n) is 2.26. The van der Waals surface area contributed by atoms with Crippen molar-refractivity contribution in [2.75, 3.05) is 14.1 Å². The van der Waals surface area contributed by atoms with E-state index in [1.807, 2.05) is 54.4 Å². The molecule has 1 atom stereocenters. The molecule has 122 valence electrons. The van der Waals surface area contributed by atoms with Crippen LogP contribution in [0.15, 0.2) is 46.3 Å². The van der Waals surface area contributed by atoms with Crippen LogP contribution in [0.1, 0.15) is 16.5 Å². The Morgan fingerprint density at radius 1 is 1.22 bits per heavy atom. The van der Waals surface area contributed by atoms with Crippen molar-refractivity contribution in [3.63, 3.8) is 0 Å². The predicted octanol–water partition coefficient (Wildman–Crippen LogP) is 3.14. The van der Waals surface area contributed by atoms with Crippen molar-refractivity contribution in [2.24, 2.45) is 0 Å². The van der Waals surface area contributed by atoms with Crippen LogP contribution in [0, 0.1) is 0 Å². The van der Waals surface area contributed by atoms with E-state index >= 15 is 0 Å². The average molecular weight is 396 g/mol. The summed E-state index contributed by atoms with van der Waals surface area (Å²) in [4.78, 5) is 27.1. The number of thiophene rings is 1. The molecule has 1 heterocycles. The number of likely N-dealkylation sites (N-methyl/N-ethyl adjacent to an activating group) is 1. The van der Waals surface area contributed by atoms with Crippen molar-refractivity contribution in [3.8, 4) is 0 Å².